The summed E-state index contributed by atoms with van der Waals surface area (Å²) < 4.78 is 7.52. The number of ether oxygens (including phenoxy) is 1. The highest BCUT2D eigenvalue weighted by molar-refractivity contribution is 7.99. The maximum absolute atomic E-state index is 5.43. The summed E-state index contributed by atoms with van der Waals surface area (Å²) in [6, 6.07) is 7.87. The van der Waals surface area contributed by atoms with Crippen LogP contribution in [0.1, 0.15) is 19.8 Å². The van der Waals surface area contributed by atoms with E-state index in [1.165, 1.54) is 12.8 Å². The second-order valence-corrected chi connectivity index (χ2v) is 5.67. The van der Waals surface area contributed by atoms with Crippen LogP contribution in [-0.2, 0) is 6.54 Å². The van der Waals surface area contributed by atoms with Crippen LogP contribution < -0.4 is 4.74 Å². The lowest BCUT2D eigenvalue weighted by molar-refractivity contribution is 0.416. The molecular weight excluding hydrogens is 282 g/mol. The number of hydrogen-bond donors (Lipinski definition) is 0. The molecule has 0 aliphatic heterocycles. The Morgan fingerprint density at radius 2 is 2.14 bits per heavy atom. The second kappa shape index (κ2) is 7.88. The Kier molecular flexibility index (Phi) is 5.87. The summed E-state index contributed by atoms with van der Waals surface area (Å²) in [5, 5.41) is 9.62. The van der Waals surface area contributed by atoms with Crippen molar-refractivity contribution in [1.82, 2.24) is 14.8 Å². The monoisotopic (exact) mass is 303 g/mol. The first-order valence-corrected chi connectivity index (χ1v) is 8.10. The predicted octanol–water partition coefficient (Wildman–Crippen LogP) is 4.03. The van der Waals surface area contributed by atoms with Crippen LogP contribution in [0.2, 0.25) is 0 Å². The molecule has 0 atom stereocenters. The number of methoxy groups -OCH3 is 1. The number of nitrogens with zero attached hydrogens (tertiary/aromatic N) is 3. The van der Waals surface area contributed by atoms with Crippen LogP contribution in [-0.4, -0.2) is 27.6 Å². The van der Waals surface area contributed by atoms with Crippen molar-refractivity contribution < 1.29 is 4.74 Å². The van der Waals surface area contributed by atoms with Gasteiger partial charge in [-0.1, -0.05) is 43.3 Å². The van der Waals surface area contributed by atoms with Crippen molar-refractivity contribution in [2.24, 2.45) is 0 Å². The molecule has 0 unspecified atom stereocenters. The molecule has 2 rings (SSSR count). The fraction of sp³-hybridized carbons (Fsp3) is 0.375. The Hall–Kier alpha value is -1.75. The van der Waals surface area contributed by atoms with Gasteiger partial charge in [-0.15, -0.1) is 16.8 Å². The first kappa shape index (κ1) is 15.6. The molecule has 0 aliphatic carbocycles. The van der Waals surface area contributed by atoms with Gasteiger partial charge in [-0.3, -0.25) is 4.57 Å². The molecule has 0 fully saturated rings. The number of benzene rings is 1. The zero-order chi connectivity index (χ0) is 15.1. The molecule has 0 amide bonds. The van der Waals surface area contributed by atoms with E-state index in [1.54, 1.807) is 18.9 Å². The molecule has 112 valence electrons. The van der Waals surface area contributed by atoms with E-state index in [-0.39, 0.29) is 0 Å². The average molecular weight is 303 g/mol. The van der Waals surface area contributed by atoms with Crippen LogP contribution in [0.4, 0.5) is 0 Å². The molecule has 0 spiro atoms. The number of para-hydroxylation sites is 1. The van der Waals surface area contributed by atoms with Gasteiger partial charge in [0.25, 0.3) is 0 Å². The maximum atomic E-state index is 5.43. The normalized spacial score (nSPS) is 10.6. The van der Waals surface area contributed by atoms with Crippen LogP contribution >= 0.6 is 11.8 Å². The van der Waals surface area contributed by atoms with Crippen molar-refractivity contribution in [2.45, 2.75) is 31.5 Å². The molecule has 2 aromatic rings. The molecular formula is C16H21N3OS. The molecule has 4 nitrogen and oxygen atoms in total. The van der Waals surface area contributed by atoms with Gasteiger partial charge in [-0.05, 0) is 18.6 Å². The van der Waals surface area contributed by atoms with E-state index in [0.717, 1.165) is 28.0 Å². The zero-order valence-corrected chi connectivity index (χ0v) is 13.4. The average Bonchev–Trinajstić information content (AvgIpc) is 2.91. The summed E-state index contributed by atoms with van der Waals surface area (Å²) in [5.41, 5.74) is 0.955. The van der Waals surface area contributed by atoms with Crippen molar-refractivity contribution in [3.05, 3.63) is 36.9 Å². The highest BCUT2D eigenvalue weighted by Gasteiger charge is 2.16. The first-order chi connectivity index (χ1) is 10.3. The third kappa shape index (κ3) is 3.67. The van der Waals surface area contributed by atoms with Gasteiger partial charge in [0.2, 0.25) is 0 Å². The Morgan fingerprint density at radius 3 is 2.86 bits per heavy atom. The molecule has 0 saturated heterocycles. The molecule has 0 saturated carbocycles. The minimum atomic E-state index is 0.689. The van der Waals surface area contributed by atoms with E-state index < -0.39 is 0 Å². The highest BCUT2D eigenvalue weighted by atomic mass is 32.2. The van der Waals surface area contributed by atoms with Crippen LogP contribution in [0.15, 0.2) is 42.1 Å². The van der Waals surface area contributed by atoms with Crippen LogP contribution in [0, 0.1) is 0 Å². The van der Waals surface area contributed by atoms with E-state index in [0.29, 0.717) is 6.54 Å². The first-order valence-electron chi connectivity index (χ1n) is 7.12. The summed E-state index contributed by atoms with van der Waals surface area (Å²) in [5.74, 6) is 2.68. The van der Waals surface area contributed by atoms with E-state index in [4.69, 9.17) is 4.74 Å². The van der Waals surface area contributed by atoms with Gasteiger partial charge in [0.1, 0.15) is 5.75 Å². The van der Waals surface area contributed by atoms with Crippen molar-refractivity contribution in [1.29, 1.82) is 0 Å². The second-order valence-electron chi connectivity index (χ2n) is 4.61. The van der Waals surface area contributed by atoms with Crippen LogP contribution in [0.3, 0.4) is 0 Å². The van der Waals surface area contributed by atoms with Gasteiger partial charge in [0.15, 0.2) is 11.0 Å². The number of aromatic nitrogens is 3. The van der Waals surface area contributed by atoms with E-state index in [9.17, 15) is 0 Å². The highest BCUT2D eigenvalue weighted by Crippen LogP contribution is 2.31. The van der Waals surface area contributed by atoms with Gasteiger partial charge in [0, 0.05) is 12.3 Å². The molecule has 1 heterocycles. The number of thioether (sulfide) groups is 1. The van der Waals surface area contributed by atoms with E-state index in [2.05, 4.69) is 28.3 Å². The van der Waals surface area contributed by atoms with Crippen molar-refractivity contribution in [2.75, 3.05) is 12.9 Å². The molecule has 0 aliphatic rings. The Labute approximate surface area is 130 Å². The molecule has 1 aromatic heterocycles. The number of hydrogen-bond acceptors (Lipinski definition) is 4. The molecule has 0 bridgehead atoms. The summed E-state index contributed by atoms with van der Waals surface area (Å²) in [6.07, 6.45) is 4.23. The minimum absolute atomic E-state index is 0.689. The molecule has 0 radical (unpaired) electrons. The van der Waals surface area contributed by atoms with Gasteiger partial charge < -0.3 is 4.74 Å². The molecule has 1 aromatic carbocycles. The van der Waals surface area contributed by atoms with Crippen molar-refractivity contribution >= 4 is 11.8 Å². The van der Waals surface area contributed by atoms with Gasteiger partial charge in [-0.25, -0.2) is 0 Å². The minimum Gasteiger partial charge on any atom is -0.496 e. The third-order valence-corrected chi connectivity index (χ3v) is 4.16. The maximum Gasteiger partial charge on any atom is 0.191 e. The lowest BCUT2D eigenvalue weighted by atomic mass is 10.2. The van der Waals surface area contributed by atoms with Gasteiger partial charge >= 0.3 is 0 Å². The van der Waals surface area contributed by atoms with E-state index >= 15 is 0 Å². The number of allylic oxidation sites excluding steroid dienone is 1. The standard InChI is InChI=1S/C16H21N3OS/c1-4-6-12-21-16-18-17-15(19(16)11-5-2)13-9-7-8-10-14(13)20-3/h5,7-10H,2,4,6,11-12H2,1,3H3. The van der Waals surface area contributed by atoms with Crippen LogP contribution in [0.25, 0.3) is 11.4 Å². The predicted molar refractivity (Wildman–Crippen MR) is 87.8 cm³/mol. The smallest absolute Gasteiger partial charge is 0.191 e. The fourth-order valence-electron chi connectivity index (χ4n) is 2.03. The Balaban J connectivity index is 2.36. The summed E-state index contributed by atoms with van der Waals surface area (Å²) >= 11 is 1.74. The van der Waals surface area contributed by atoms with Crippen molar-refractivity contribution in [3.8, 4) is 17.1 Å². The van der Waals surface area contributed by atoms with Gasteiger partial charge in [0.05, 0.1) is 12.7 Å². The summed E-state index contributed by atoms with van der Waals surface area (Å²) in [4.78, 5) is 0. The lowest BCUT2D eigenvalue weighted by Crippen LogP contribution is -2.02. The van der Waals surface area contributed by atoms with Gasteiger partial charge in [-0.2, -0.15) is 0 Å². The quantitative estimate of drug-likeness (QED) is 0.419. The lowest BCUT2D eigenvalue weighted by Gasteiger charge is -2.10. The summed E-state index contributed by atoms with van der Waals surface area (Å²) in [6.45, 7) is 6.71. The third-order valence-electron chi connectivity index (χ3n) is 3.11. The number of unbranched alkanes of at least 4 members (excludes halogenated alkanes) is 1. The summed E-state index contributed by atoms with van der Waals surface area (Å²) in [7, 11) is 1.67. The Bertz CT molecular complexity index is 595. The number of rotatable bonds is 8. The zero-order valence-electron chi connectivity index (χ0n) is 12.6. The van der Waals surface area contributed by atoms with E-state index in [1.807, 2.05) is 30.3 Å². The topological polar surface area (TPSA) is 39.9 Å². The molecule has 5 heteroatoms. The van der Waals surface area contributed by atoms with Crippen molar-refractivity contribution in [3.63, 3.8) is 0 Å². The molecule has 0 N–H and O–H groups in total. The molecule has 21 heavy (non-hydrogen) atoms. The SMILES string of the molecule is C=CCn1c(SCCCC)nnc1-c1ccccc1OC. The largest absolute Gasteiger partial charge is 0.496 e. The van der Waals surface area contributed by atoms with Crippen LogP contribution in [0.5, 0.6) is 5.75 Å². The fourth-order valence-corrected chi connectivity index (χ4v) is 3.06. The Morgan fingerprint density at radius 1 is 1.33 bits per heavy atom.